The van der Waals surface area contributed by atoms with E-state index in [1.165, 1.54) is 24.3 Å². The van der Waals surface area contributed by atoms with Crippen molar-refractivity contribution in [3.05, 3.63) is 29.8 Å². The first-order valence-corrected chi connectivity index (χ1v) is 7.23. The Morgan fingerprint density at radius 2 is 1.68 bits per heavy atom. The van der Waals surface area contributed by atoms with Gasteiger partial charge in [-0.05, 0) is 17.7 Å². The molecule has 0 spiro atoms. The monoisotopic (exact) mass is 317 g/mol. The molecule has 0 saturated heterocycles. The molecule has 0 aliphatic heterocycles. The van der Waals surface area contributed by atoms with Crippen LogP contribution in [0, 0.1) is 5.92 Å². The molecular weight excluding hydrogens is 295 g/mol. The fourth-order valence-electron chi connectivity index (χ4n) is 2.04. The number of halogens is 3. The van der Waals surface area contributed by atoms with Crippen molar-refractivity contribution in [3.8, 4) is 5.75 Å². The molecular formula is C16H22F3NO2. The molecule has 0 aliphatic carbocycles. The van der Waals surface area contributed by atoms with Crippen LogP contribution >= 0.6 is 0 Å². The summed E-state index contributed by atoms with van der Waals surface area (Å²) in [7, 11) is 0. The number of Topliss-reactive ketones (excluding diaryl/α,β-unsaturated/α-hetero) is 1. The number of ether oxygens (including phenoxy) is 1. The maximum atomic E-state index is 12.3. The van der Waals surface area contributed by atoms with Gasteiger partial charge in [-0.3, -0.25) is 4.79 Å². The largest absolute Gasteiger partial charge is 0.573 e. The van der Waals surface area contributed by atoms with Gasteiger partial charge in [-0.25, -0.2) is 0 Å². The number of hydrogen-bond acceptors (Lipinski definition) is 3. The highest BCUT2D eigenvalue weighted by Crippen LogP contribution is 2.26. The van der Waals surface area contributed by atoms with Gasteiger partial charge in [0, 0.05) is 18.5 Å². The second kappa shape index (κ2) is 7.63. The SMILES string of the molecule is CC(C)NC[C@@H](C(=O)C(C)C)c1ccc(OC(F)(F)F)cc1. The van der Waals surface area contributed by atoms with Crippen LogP contribution in [0.4, 0.5) is 13.2 Å². The number of carbonyl (C=O) groups is 1. The molecule has 1 rings (SSSR count). The number of carbonyl (C=O) groups excluding carboxylic acids is 1. The highest BCUT2D eigenvalue weighted by molar-refractivity contribution is 5.87. The fraction of sp³-hybridized carbons (Fsp3) is 0.562. The van der Waals surface area contributed by atoms with E-state index in [2.05, 4.69) is 10.1 Å². The summed E-state index contributed by atoms with van der Waals surface area (Å²) in [5.41, 5.74) is 0.682. The normalized spacial score (nSPS) is 13.5. The molecule has 0 saturated carbocycles. The van der Waals surface area contributed by atoms with Gasteiger partial charge in [-0.2, -0.15) is 0 Å². The molecule has 0 heterocycles. The van der Waals surface area contributed by atoms with Crippen LogP contribution in [0.3, 0.4) is 0 Å². The van der Waals surface area contributed by atoms with Crippen LogP contribution < -0.4 is 10.1 Å². The third-order valence-electron chi connectivity index (χ3n) is 3.16. The number of alkyl halides is 3. The van der Waals surface area contributed by atoms with E-state index in [1.54, 1.807) is 0 Å². The van der Waals surface area contributed by atoms with E-state index in [-0.39, 0.29) is 29.4 Å². The van der Waals surface area contributed by atoms with Crippen LogP contribution in [0.5, 0.6) is 5.75 Å². The Morgan fingerprint density at radius 1 is 1.14 bits per heavy atom. The predicted molar refractivity (Wildman–Crippen MR) is 78.8 cm³/mol. The van der Waals surface area contributed by atoms with Gasteiger partial charge in [-0.1, -0.05) is 39.8 Å². The van der Waals surface area contributed by atoms with E-state index in [1.807, 2.05) is 27.7 Å². The van der Waals surface area contributed by atoms with Crippen molar-refractivity contribution in [1.29, 1.82) is 0 Å². The molecule has 0 amide bonds. The molecule has 0 radical (unpaired) electrons. The second-order valence-corrected chi connectivity index (χ2v) is 5.79. The number of benzene rings is 1. The van der Waals surface area contributed by atoms with Gasteiger partial charge in [0.05, 0.1) is 5.92 Å². The summed E-state index contributed by atoms with van der Waals surface area (Å²) >= 11 is 0. The topological polar surface area (TPSA) is 38.3 Å². The maximum Gasteiger partial charge on any atom is 0.573 e. The Labute approximate surface area is 128 Å². The molecule has 0 aliphatic rings. The van der Waals surface area contributed by atoms with Crippen molar-refractivity contribution in [2.24, 2.45) is 5.92 Å². The smallest absolute Gasteiger partial charge is 0.406 e. The number of nitrogens with one attached hydrogen (secondary N) is 1. The van der Waals surface area contributed by atoms with Gasteiger partial charge in [0.2, 0.25) is 0 Å². The third kappa shape index (κ3) is 6.05. The Balaban J connectivity index is 2.92. The number of hydrogen-bond donors (Lipinski definition) is 1. The Morgan fingerprint density at radius 3 is 2.09 bits per heavy atom. The molecule has 1 atom stereocenters. The van der Waals surface area contributed by atoms with Crippen LogP contribution in [-0.4, -0.2) is 24.7 Å². The summed E-state index contributed by atoms with van der Waals surface area (Å²) < 4.78 is 40.3. The van der Waals surface area contributed by atoms with Crippen molar-refractivity contribution in [2.45, 2.75) is 46.0 Å². The molecule has 6 heteroatoms. The van der Waals surface area contributed by atoms with E-state index >= 15 is 0 Å². The van der Waals surface area contributed by atoms with E-state index in [9.17, 15) is 18.0 Å². The first-order chi connectivity index (χ1) is 10.1. The molecule has 22 heavy (non-hydrogen) atoms. The number of rotatable bonds is 7. The average molecular weight is 317 g/mol. The molecule has 1 aromatic carbocycles. The lowest BCUT2D eigenvalue weighted by Gasteiger charge is -2.21. The molecule has 124 valence electrons. The minimum atomic E-state index is -4.71. The summed E-state index contributed by atoms with van der Waals surface area (Å²) in [5, 5.41) is 3.20. The van der Waals surface area contributed by atoms with Gasteiger partial charge in [0.1, 0.15) is 11.5 Å². The van der Waals surface area contributed by atoms with Crippen LogP contribution in [0.25, 0.3) is 0 Å². The van der Waals surface area contributed by atoms with Gasteiger partial charge in [-0.15, -0.1) is 13.2 Å². The summed E-state index contributed by atoms with van der Waals surface area (Å²) in [6.07, 6.45) is -4.71. The highest BCUT2D eigenvalue weighted by atomic mass is 19.4. The summed E-state index contributed by atoms with van der Waals surface area (Å²) in [6, 6.07) is 5.70. The molecule has 0 fully saturated rings. The van der Waals surface area contributed by atoms with Crippen LogP contribution in [-0.2, 0) is 4.79 Å². The van der Waals surface area contributed by atoms with Crippen molar-refractivity contribution < 1.29 is 22.7 Å². The zero-order valence-corrected chi connectivity index (χ0v) is 13.2. The molecule has 1 N–H and O–H groups in total. The molecule has 1 aromatic rings. The third-order valence-corrected chi connectivity index (χ3v) is 3.16. The fourth-order valence-corrected chi connectivity index (χ4v) is 2.04. The summed E-state index contributed by atoms with van der Waals surface area (Å²) in [6.45, 7) is 8.01. The first kappa shape index (κ1) is 18.5. The second-order valence-electron chi connectivity index (χ2n) is 5.79. The van der Waals surface area contributed by atoms with Crippen LogP contribution in [0.2, 0.25) is 0 Å². The first-order valence-electron chi connectivity index (χ1n) is 7.23. The van der Waals surface area contributed by atoms with Crippen LogP contribution in [0.15, 0.2) is 24.3 Å². The lowest BCUT2D eigenvalue weighted by Crippen LogP contribution is -2.33. The predicted octanol–water partition coefficient (Wildman–Crippen LogP) is 3.89. The summed E-state index contributed by atoms with van der Waals surface area (Å²) in [5.74, 6) is -0.770. The average Bonchev–Trinajstić information content (AvgIpc) is 2.38. The van der Waals surface area contributed by atoms with Crippen molar-refractivity contribution in [1.82, 2.24) is 5.32 Å². The summed E-state index contributed by atoms with van der Waals surface area (Å²) in [4.78, 5) is 12.3. The van der Waals surface area contributed by atoms with Crippen molar-refractivity contribution >= 4 is 5.78 Å². The van der Waals surface area contributed by atoms with Crippen molar-refractivity contribution in [2.75, 3.05) is 6.54 Å². The lowest BCUT2D eigenvalue weighted by atomic mass is 9.88. The molecule has 0 unspecified atom stereocenters. The molecule has 3 nitrogen and oxygen atoms in total. The zero-order valence-electron chi connectivity index (χ0n) is 13.2. The van der Waals surface area contributed by atoms with Gasteiger partial charge >= 0.3 is 6.36 Å². The zero-order chi connectivity index (χ0) is 16.9. The van der Waals surface area contributed by atoms with Crippen molar-refractivity contribution in [3.63, 3.8) is 0 Å². The Kier molecular flexibility index (Phi) is 6.41. The van der Waals surface area contributed by atoms with Crippen LogP contribution in [0.1, 0.15) is 39.2 Å². The minimum absolute atomic E-state index is 0.0534. The van der Waals surface area contributed by atoms with E-state index < -0.39 is 6.36 Å². The maximum absolute atomic E-state index is 12.3. The minimum Gasteiger partial charge on any atom is -0.406 e. The lowest BCUT2D eigenvalue weighted by molar-refractivity contribution is -0.274. The molecule has 0 bridgehead atoms. The highest BCUT2D eigenvalue weighted by Gasteiger charge is 2.31. The Hall–Kier alpha value is -1.56. The van der Waals surface area contributed by atoms with E-state index in [0.29, 0.717) is 12.1 Å². The molecule has 0 aromatic heterocycles. The van der Waals surface area contributed by atoms with Gasteiger partial charge in [0.25, 0.3) is 0 Å². The number of ketones is 1. The van der Waals surface area contributed by atoms with Gasteiger partial charge < -0.3 is 10.1 Å². The Bertz CT molecular complexity index is 481. The standard InChI is InChI=1S/C16H22F3NO2/c1-10(2)15(21)14(9-20-11(3)4)12-5-7-13(8-6-12)22-16(17,18)19/h5-8,10-11,14,20H,9H2,1-4H3/t14-/m1/s1. The van der Waals surface area contributed by atoms with E-state index in [0.717, 1.165) is 0 Å². The van der Waals surface area contributed by atoms with Gasteiger partial charge in [0.15, 0.2) is 0 Å². The van der Waals surface area contributed by atoms with E-state index in [4.69, 9.17) is 0 Å². The quantitative estimate of drug-likeness (QED) is 0.829.